The lowest BCUT2D eigenvalue weighted by Gasteiger charge is -2.45. The maximum atomic E-state index is 12.1. The van der Waals surface area contributed by atoms with E-state index in [0.717, 1.165) is 36.9 Å². The molecule has 1 aliphatic carbocycles. The summed E-state index contributed by atoms with van der Waals surface area (Å²) >= 11 is 0. The fraction of sp³-hybridized carbons (Fsp3) is 0.381. The van der Waals surface area contributed by atoms with Gasteiger partial charge < -0.3 is 21.5 Å². The van der Waals surface area contributed by atoms with E-state index in [2.05, 4.69) is 11.7 Å². The number of carbonyl (C=O) groups excluding carboxylic acids is 2. The van der Waals surface area contributed by atoms with Crippen LogP contribution in [0.15, 0.2) is 36.9 Å². The first-order chi connectivity index (χ1) is 13.9. The molecule has 1 aromatic heterocycles. The Morgan fingerprint density at radius 1 is 1.31 bits per heavy atom. The SMILES string of the molecule is C=CC(=O)N1CCC2(CC(n3nc(-c4ccc(CO)cc4)c(C(N)=O)c3N)C2)C1. The van der Waals surface area contributed by atoms with Crippen molar-refractivity contribution in [2.75, 3.05) is 18.8 Å². The number of rotatable bonds is 5. The third kappa shape index (κ3) is 3.19. The van der Waals surface area contributed by atoms with Crippen molar-refractivity contribution in [3.63, 3.8) is 0 Å². The van der Waals surface area contributed by atoms with Crippen molar-refractivity contribution >= 4 is 17.6 Å². The molecule has 0 atom stereocenters. The molecule has 1 saturated heterocycles. The molecule has 1 aliphatic heterocycles. The Hall–Kier alpha value is -3.13. The van der Waals surface area contributed by atoms with Crippen LogP contribution in [0.1, 0.15) is 41.2 Å². The fourth-order valence-corrected chi connectivity index (χ4v) is 4.64. The smallest absolute Gasteiger partial charge is 0.254 e. The van der Waals surface area contributed by atoms with Gasteiger partial charge in [-0.2, -0.15) is 5.10 Å². The first-order valence-electron chi connectivity index (χ1n) is 9.67. The van der Waals surface area contributed by atoms with E-state index in [9.17, 15) is 14.7 Å². The van der Waals surface area contributed by atoms with Crippen LogP contribution in [0.25, 0.3) is 11.3 Å². The number of benzene rings is 1. The number of hydrogen-bond donors (Lipinski definition) is 3. The van der Waals surface area contributed by atoms with Gasteiger partial charge in [-0.1, -0.05) is 30.8 Å². The van der Waals surface area contributed by atoms with Gasteiger partial charge in [-0.3, -0.25) is 9.59 Å². The maximum Gasteiger partial charge on any atom is 0.254 e. The average molecular weight is 395 g/mol. The Morgan fingerprint density at radius 3 is 2.59 bits per heavy atom. The van der Waals surface area contributed by atoms with Crippen molar-refractivity contribution in [3.8, 4) is 11.3 Å². The van der Waals surface area contributed by atoms with Crippen LogP contribution in [0, 0.1) is 5.41 Å². The van der Waals surface area contributed by atoms with E-state index >= 15 is 0 Å². The molecule has 2 amide bonds. The Balaban J connectivity index is 1.59. The van der Waals surface area contributed by atoms with Crippen LogP contribution in [0.3, 0.4) is 0 Å². The van der Waals surface area contributed by atoms with Crippen molar-refractivity contribution in [1.82, 2.24) is 14.7 Å². The molecule has 8 nitrogen and oxygen atoms in total. The summed E-state index contributed by atoms with van der Waals surface area (Å²) in [6, 6.07) is 7.20. The van der Waals surface area contributed by atoms with E-state index in [-0.39, 0.29) is 35.4 Å². The molecule has 29 heavy (non-hydrogen) atoms. The first kappa shape index (κ1) is 19.2. The number of primary amides is 1. The molecule has 8 heteroatoms. The lowest BCUT2D eigenvalue weighted by molar-refractivity contribution is -0.125. The number of aromatic nitrogens is 2. The topological polar surface area (TPSA) is 127 Å². The maximum absolute atomic E-state index is 12.1. The second kappa shape index (κ2) is 7.04. The summed E-state index contributed by atoms with van der Waals surface area (Å²) in [7, 11) is 0. The molecule has 2 aromatic rings. The summed E-state index contributed by atoms with van der Waals surface area (Å²) in [5.74, 6) is -0.378. The molecular formula is C21H25N5O3. The second-order valence-corrected chi connectivity index (χ2v) is 8.05. The van der Waals surface area contributed by atoms with Crippen LogP contribution in [-0.4, -0.2) is 44.7 Å². The molecule has 0 unspecified atom stereocenters. The number of carbonyl (C=O) groups is 2. The molecule has 0 radical (unpaired) electrons. The first-order valence-corrected chi connectivity index (χ1v) is 9.67. The number of nitrogens with zero attached hydrogens (tertiary/aromatic N) is 3. The predicted octanol–water partition coefficient (Wildman–Crippen LogP) is 1.46. The predicted molar refractivity (Wildman–Crippen MR) is 109 cm³/mol. The highest BCUT2D eigenvalue weighted by molar-refractivity contribution is 6.03. The quantitative estimate of drug-likeness (QED) is 0.661. The summed E-state index contributed by atoms with van der Waals surface area (Å²) < 4.78 is 1.71. The van der Waals surface area contributed by atoms with E-state index in [1.54, 1.807) is 28.9 Å². The zero-order chi connectivity index (χ0) is 20.8. The Morgan fingerprint density at radius 2 is 2.00 bits per heavy atom. The lowest BCUT2D eigenvalue weighted by atomic mass is 9.65. The molecule has 1 aromatic carbocycles. The number of hydrogen-bond acceptors (Lipinski definition) is 5. The highest BCUT2D eigenvalue weighted by Crippen LogP contribution is 2.54. The van der Waals surface area contributed by atoms with Crippen LogP contribution < -0.4 is 11.5 Å². The third-order valence-corrected chi connectivity index (χ3v) is 6.21. The fourth-order valence-electron chi connectivity index (χ4n) is 4.64. The van der Waals surface area contributed by atoms with Crippen molar-refractivity contribution in [2.45, 2.75) is 31.9 Å². The lowest BCUT2D eigenvalue weighted by Crippen LogP contribution is -2.42. The standard InChI is InChI=1S/C21H25N5O3/c1-2-16(28)25-8-7-21(12-25)9-15(10-21)26-19(22)17(20(23)29)18(24-26)14-5-3-13(11-27)4-6-14/h2-6,15,27H,1,7-12,22H2,(H2,23,29). The van der Waals surface area contributed by atoms with E-state index in [4.69, 9.17) is 11.5 Å². The molecule has 5 N–H and O–H groups in total. The van der Waals surface area contributed by atoms with Gasteiger partial charge in [0.2, 0.25) is 5.91 Å². The minimum Gasteiger partial charge on any atom is -0.392 e. The van der Waals surface area contributed by atoms with Crippen LogP contribution >= 0.6 is 0 Å². The van der Waals surface area contributed by atoms with Gasteiger partial charge in [0.15, 0.2) is 0 Å². The van der Waals surface area contributed by atoms with Crippen molar-refractivity contribution in [1.29, 1.82) is 0 Å². The number of aliphatic hydroxyl groups is 1. The molecule has 4 rings (SSSR count). The van der Waals surface area contributed by atoms with Gasteiger partial charge in [0.05, 0.1) is 12.6 Å². The Bertz CT molecular complexity index is 973. The monoisotopic (exact) mass is 395 g/mol. The zero-order valence-electron chi connectivity index (χ0n) is 16.2. The molecule has 2 fully saturated rings. The minimum atomic E-state index is -0.618. The number of aliphatic hydroxyl groups excluding tert-OH is 1. The third-order valence-electron chi connectivity index (χ3n) is 6.21. The number of likely N-dealkylation sites (tertiary alicyclic amines) is 1. The van der Waals surface area contributed by atoms with Crippen LogP contribution in [0.2, 0.25) is 0 Å². The molecule has 0 bridgehead atoms. The van der Waals surface area contributed by atoms with Crippen LogP contribution in [-0.2, 0) is 11.4 Å². The average Bonchev–Trinajstić information content (AvgIpc) is 3.28. The Labute approximate surface area is 168 Å². The van der Waals surface area contributed by atoms with Gasteiger partial charge in [-0.15, -0.1) is 0 Å². The highest BCUT2D eigenvalue weighted by atomic mass is 16.3. The van der Waals surface area contributed by atoms with E-state index in [1.807, 2.05) is 4.90 Å². The summed E-state index contributed by atoms with van der Waals surface area (Å²) in [6.45, 7) is 4.95. The number of nitrogen functional groups attached to an aromatic ring is 1. The summed E-state index contributed by atoms with van der Waals surface area (Å²) in [5, 5.41) is 13.9. The van der Waals surface area contributed by atoms with Gasteiger partial charge in [0.1, 0.15) is 17.1 Å². The molecule has 1 spiro atoms. The van der Waals surface area contributed by atoms with Gasteiger partial charge in [0.25, 0.3) is 5.91 Å². The number of anilines is 1. The van der Waals surface area contributed by atoms with Gasteiger partial charge >= 0.3 is 0 Å². The van der Waals surface area contributed by atoms with E-state index in [0.29, 0.717) is 12.2 Å². The van der Waals surface area contributed by atoms with Gasteiger partial charge in [-0.05, 0) is 36.3 Å². The van der Waals surface area contributed by atoms with Crippen molar-refractivity contribution in [2.24, 2.45) is 11.1 Å². The summed E-state index contributed by atoms with van der Waals surface area (Å²) in [6.07, 6.45) is 4.00. The summed E-state index contributed by atoms with van der Waals surface area (Å²) in [4.78, 5) is 25.8. The molecule has 2 heterocycles. The molecule has 2 aliphatic rings. The van der Waals surface area contributed by atoms with E-state index in [1.165, 1.54) is 6.08 Å². The van der Waals surface area contributed by atoms with Crippen LogP contribution in [0.5, 0.6) is 0 Å². The zero-order valence-corrected chi connectivity index (χ0v) is 16.2. The van der Waals surface area contributed by atoms with Crippen molar-refractivity contribution in [3.05, 3.63) is 48.0 Å². The second-order valence-electron chi connectivity index (χ2n) is 8.05. The number of nitrogens with two attached hydrogens (primary N) is 2. The van der Waals surface area contributed by atoms with Crippen molar-refractivity contribution < 1.29 is 14.7 Å². The summed E-state index contributed by atoms with van der Waals surface area (Å²) in [5.41, 5.74) is 14.1. The van der Waals surface area contributed by atoms with Gasteiger partial charge in [-0.25, -0.2) is 4.68 Å². The van der Waals surface area contributed by atoms with E-state index < -0.39 is 5.91 Å². The largest absolute Gasteiger partial charge is 0.392 e. The highest BCUT2D eigenvalue weighted by Gasteiger charge is 2.50. The minimum absolute atomic E-state index is 0.0337. The normalized spacial score (nSPS) is 23.2. The molecule has 1 saturated carbocycles. The van der Waals surface area contributed by atoms with Crippen LogP contribution in [0.4, 0.5) is 5.82 Å². The molecule has 152 valence electrons. The number of amides is 2. The van der Waals surface area contributed by atoms with Gasteiger partial charge in [0, 0.05) is 18.7 Å². The molecular weight excluding hydrogens is 370 g/mol. The Kier molecular flexibility index (Phi) is 4.66.